The third kappa shape index (κ3) is 8.03. The lowest BCUT2D eigenvalue weighted by atomic mass is 10.1. The lowest BCUT2D eigenvalue weighted by Crippen LogP contribution is -2.54. The Bertz CT molecular complexity index is 1200. The number of halogens is 1. The van der Waals surface area contributed by atoms with Crippen LogP contribution in [0.2, 0.25) is 5.02 Å². The Morgan fingerprint density at radius 1 is 1.08 bits per heavy atom. The van der Waals surface area contributed by atoms with Crippen molar-refractivity contribution in [3.05, 3.63) is 53.1 Å². The zero-order valence-corrected chi connectivity index (χ0v) is 23.2. The van der Waals surface area contributed by atoms with E-state index in [1.807, 2.05) is 20.8 Å². The molecule has 0 bridgehead atoms. The Hall–Kier alpha value is -2.98. The van der Waals surface area contributed by atoms with Crippen molar-refractivity contribution in [2.75, 3.05) is 31.3 Å². The second-order valence-electron chi connectivity index (χ2n) is 9.38. The number of carbonyl (C=O) groups excluding carboxylic acids is 2. The van der Waals surface area contributed by atoms with Crippen LogP contribution in [0.3, 0.4) is 0 Å². The Kier molecular flexibility index (Phi) is 9.62. The molecule has 0 saturated carbocycles. The minimum atomic E-state index is -3.88. The number of amides is 2. The van der Waals surface area contributed by atoms with Gasteiger partial charge in [-0.05, 0) is 63.6 Å². The highest BCUT2D eigenvalue weighted by Gasteiger charge is 2.31. The molecule has 2 aromatic rings. The largest absolute Gasteiger partial charge is 0.497 e. The zero-order chi connectivity index (χ0) is 27.3. The predicted molar refractivity (Wildman–Crippen MR) is 141 cm³/mol. The highest BCUT2D eigenvalue weighted by Crippen LogP contribution is 2.30. The number of rotatable bonds is 10. The van der Waals surface area contributed by atoms with Crippen LogP contribution in [-0.4, -0.2) is 63.7 Å². The highest BCUT2D eigenvalue weighted by molar-refractivity contribution is 7.92. The lowest BCUT2D eigenvalue weighted by molar-refractivity contribution is -0.140. The van der Waals surface area contributed by atoms with Crippen molar-refractivity contribution in [1.82, 2.24) is 10.2 Å². The summed E-state index contributed by atoms with van der Waals surface area (Å²) in [6.07, 6.45) is 1.00. The normalized spacial score (nSPS) is 12.4. The van der Waals surface area contributed by atoms with Crippen molar-refractivity contribution in [3.8, 4) is 11.5 Å². The Balaban J connectivity index is 2.45. The molecule has 1 atom stereocenters. The van der Waals surface area contributed by atoms with Crippen LogP contribution >= 0.6 is 11.6 Å². The van der Waals surface area contributed by atoms with Gasteiger partial charge in [-0.2, -0.15) is 0 Å². The number of ether oxygens (including phenoxy) is 2. The molecule has 36 heavy (non-hydrogen) atoms. The van der Waals surface area contributed by atoms with Crippen LogP contribution in [0.25, 0.3) is 0 Å². The molecular weight excluding hydrogens is 506 g/mol. The second kappa shape index (κ2) is 11.8. The fourth-order valence-electron chi connectivity index (χ4n) is 3.45. The van der Waals surface area contributed by atoms with Gasteiger partial charge in [0.25, 0.3) is 0 Å². The summed E-state index contributed by atoms with van der Waals surface area (Å²) in [4.78, 5) is 27.9. The standard InChI is InChI=1S/C25H34ClN3O6S/c1-17(24(31)27-25(2,3)4)28(15-18-9-8-10-20(13-18)34-5)23(30)16-29(36(7,32)33)19-11-12-22(35-6)21(26)14-19/h8-14,17H,15-16H2,1-7H3,(H,27,31). The molecule has 0 aliphatic heterocycles. The highest BCUT2D eigenvalue weighted by atomic mass is 35.5. The van der Waals surface area contributed by atoms with Crippen molar-refractivity contribution in [1.29, 1.82) is 0 Å². The molecule has 0 spiro atoms. The average Bonchev–Trinajstić information content (AvgIpc) is 2.78. The molecule has 0 aromatic heterocycles. The minimum Gasteiger partial charge on any atom is -0.497 e. The van der Waals surface area contributed by atoms with Gasteiger partial charge in [0.2, 0.25) is 21.8 Å². The van der Waals surface area contributed by atoms with E-state index in [0.29, 0.717) is 11.5 Å². The van der Waals surface area contributed by atoms with E-state index in [-0.39, 0.29) is 23.2 Å². The van der Waals surface area contributed by atoms with Crippen LogP contribution in [0, 0.1) is 0 Å². The van der Waals surface area contributed by atoms with Crippen LogP contribution in [0.1, 0.15) is 33.3 Å². The summed E-state index contributed by atoms with van der Waals surface area (Å²) in [6.45, 7) is 6.66. The van der Waals surface area contributed by atoms with Gasteiger partial charge in [-0.3, -0.25) is 13.9 Å². The number of anilines is 1. The van der Waals surface area contributed by atoms with Crippen LogP contribution < -0.4 is 19.1 Å². The first-order valence-electron chi connectivity index (χ1n) is 11.2. The zero-order valence-electron chi connectivity index (χ0n) is 21.7. The topological polar surface area (TPSA) is 105 Å². The molecule has 1 unspecified atom stereocenters. The molecule has 11 heteroatoms. The molecule has 0 aliphatic carbocycles. The Morgan fingerprint density at radius 3 is 2.28 bits per heavy atom. The summed E-state index contributed by atoms with van der Waals surface area (Å²) in [5.74, 6) is 0.0357. The maximum Gasteiger partial charge on any atom is 0.244 e. The average molecular weight is 540 g/mol. The van der Waals surface area contributed by atoms with Crippen LogP contribution in [0.4, 0.5) is 5.69 Å². The molecule has 2 rings (SSSR count). The fraction of sp³-hybridized carbons (Fsp3) is 0.440. The monoisotopic (exact) mass is 539 g/mol. The molecule has 2 aromatic carbocycles. The van der Waals surface area contributed by atoms with Crippen LogP contribution in [0.5, 0.6) is 11.5 Å². The van der Waals surface area contributed by atoms with Gasteiger partial charge in [-0.15, -0.1) is 0 Å². The smallest absolute Gasteiger partial charge is 0.244 e. The van der Waals surface area contributed by atoms with Crippen molar-refractivity contribution in [2.45, 2.75) is 45.8 Å². The molecule has 0 aliphatic rings. The van der Waals surface area contributed by atoms with E-state index in [9.17, 15) is 18.0 Å². The van der Waals surface area contributed by atoms with Crippen molar-refractivity contribution >= 4 is 39.1 Å². The van der Waals surface area contributed by atoms with Gasteiger partial charge in [0, 0.05) is 12.1 Å². The molecule has 0 radical (unpaired) electrons. The predicted octanol–water partition coefficient (Wildman–Crippen LogP) is 3.46. The number of carbonyl (C=O) groups is 2. The van der Waals surface area contributed by atoms with Crippen molar-refractivity contribution < 1.29 is 27.5 Å². The van der Waals surface area contributed by atoms with Gasteiger partial charge >= 0.3 is 0 Å². The number of hydrogen-bond donors (Lipinski definition) is 1. The molecule has 0 heterocycles. The number of methoxy groups -OCH3 is 2. The molecule has 2 amide bonds. The molecular formula is C25H34ClN3O6S. The Labute approximate surface area is 218 Å². The minimum absolute atomic E-state index is 0.0652. The first-order valence-corrected chi connectivity index (χ1v) is 13.4. The van der Waals surface area contributed by atoms with Crippen molar-refractivity contribution in [2.24, 2.45) is 0 Å². The van der Waals surface area contributed by atoms with E-state index < -0.39 is 34.1 Å². The van der Waals surface area contributed by atoms with E-state index in [1.165, 1.54) is 37.3 Å². The number of benzene rings is 2. The van der Waals surface area contributed by atoms with Crippen LogP contribution in [0.15, 0.2) is 42.5 Å². The van der Waals surface area contributed by atoms with E-state index in [4.69, 9.17) is 21.1 Å². The number of nitrogens with zero attached hydrogens (tertiary/aromatic N) is 2. The summed E-state index contributed by atoms with van der Waals surface area (Å²) < 4.78 is 36.7. The molecule has 0 saturated heterocycles. The maximum absolute atomic E-state index is 13.6. The molecule has 198 valence electrons. The number of nitrogens with one attached hydrogen (secondary N) is 1. The third-order valence-electron chi connectivity index (χ3n) is 5.26. The first kappa shape index (κ1) is 29.3. The molecule has 9 nitrogen and oxygen atoms in total. The maximum atomic E-state index is 13.6. The van der Waals surface area contributed by atoms with E-state index >= 15 is 0 Å². The number of hydrogen-bond acceptors (Lipinski definition) is 6. The fourth-order valence-corrected chi connectivity index (χ4v) is 4.54. The van der Waals surface area contributed by atoms with Gasteiger partial charge in [-0.1, -0.05) is 23.7 Å². The van der Waals surface area contributed by atoms with Gasteiger partial charge in [0.1, 0.15) is 24.1 Å². The van der Waals surface area contributed by atoms with Crippen molar-refractivity contribution in [3.63, 3.8) is 0 Å². The van der Waals surface area contributed by atoms with E-state index in [2.05, 4.69) is 5.32 Å². The summed E-state index contributed by atoms with van der Waals surface area (Å²) >= 11 is 6.21. The lowest BCUT2D eigenvalue weighted by Gasteiger charge is -2.33. The second-order valence-corrected chi connectivity index (χ2v) is 11.7. The molecule has 0 fully saturated rings. The molecule has 1 N–H and O–H groups in total. The Morgan fingerprint density at radius 2 is 1.75 bits per heavy atom. The van der Waals surface area contributed by atoms with E-state index in [0.717, 1.165) is 16.1 Å². The van der Waals surface area contributed by atoms with Gasteiger partial charge in [0.05, 0.1) is 31.2 Å². The third-order valence-corrected chi connectivity index (χ3v) is 6.69. The summed E-state index contributed by atoms with van der Waals surface area (Å²) in [5, 5.41) is 3.07. The summed E-state index contributed by atoms with van der Waals surface area (Å²) in [6, 6.07) is 10.7. The SMILES string of the molecule is COc1cccc(CN(C(=O)CN(c2ccc(OC)c(Cl)c2)S(C)(=O)=O)C(C)C(=O)NC(C)(C)C)c1. The quantitative estimate of drug-likeness (QED) is 0.496. The van der Waals surface area contributed by atoms with Crippen LogP contribution in [-0.2, 0) is 26.2 Å². The van der Waals surface area contributed by atoms with Gasteiger partial charge < -0.3 is 19.7 Å². The number of sulfonamides is 1. The first-order chi connectivity index (χ1) is 16.7. The van der Waals surface area contributed by atoms with E-state index in [1.54, 1.807) is 31.2 Å². The summed E-state index contributed by atoms with van der Waals surface area (Å²) in [5.41, 5.74) is 0.399. The van der Waals surface area contributed by atoms with Gasteiger partial charge in [-0.25, -0.2) is 8.42 Å². The van der Waals surface area contributed by atoms with Gasteiger partial charge in [0.15, 0.2) is 0 Å². The summed E-state index contributed by atoms with van der Waals surface area (Å²) in [7, 11) is -0.899.